The number of aromatic hydroxyl groups is 4. The van der Waals surface area contributed by atoms with Gasteiger partial charge in [-0.2, -0.15) is 0 Å². The van der Waals surface area contributed by atoms with Crippen LogP contribution in [0.2, 0.25) is 0 Å². The highest BCUT2D eigenvalue weighted by Gasteiger charge is 2.26. The van der Waals surface area contributed by atoms with E-state index in [9.17, 15) is 20.4 Å². The second-order valence-corrected chi connectivity index (χ2v) is 11.1. The van der Waals surface area contributed by atoms with Crippen LogP contribution < -0.4 is 37.9 Å². The second-order valence-electron chi connectivity index (χ2n) is 11.1. The average molecular weight is 681 g/mol. The Balaban J connectivity index is 1.85. The van der Waals surface area contributed by atoms with Crippen LogP contribution in [0.5, 0.6) is 69.0 Å². The Labute approximate surface area is 285 Å². The summed E-state index contributed by atoms with van der Waals surface area (Å²) in [4.78, 5) is 0. The van der Waals surface area contributed by atoms with Crippen LogP contribution in [0.25, 0.3) is 0 Å². The second kappa shape index (κ2) is 16.1. The Bertz CT molecular complexity index is 1400. The molecule has 0 aliphatic carbocycles. The molecule has 0 saturated carbocycles. The summed E-state index contributed by atoms with van der Waals surface area (Å²) in [7, 11) is 11.7. The van der Waals surface area contributed by atoms with E-state index in [1.165, 1.54) is 56.9 Å². The average Bonchev–Trinajstić information content (AvgIpc) is 3.12. The van der Waals surface area contributed by atoms with Crippen LogP contribution in [0.4, 0.5) is 0 Å². The minimum absolute atomic E-state index is 0.126. The molecule has 0 amide bonds. The highest BCUT2D eigenvalue weighted by molar-refractivity contribution is 5.59. The summed E-state index contributed by atoms with van der Waals surface area (Å²) in [5.74, 6) is 0.757. The molecule has 0 aromatic heterocycles. The molecule has 0 saturated heterocycles. The van der Waals surface area contributed by atoms with E-state index in [-0.39, 0.29) is 80.8 Å². The van der Waals surface area contributed by atoms with Crippen molar-refractivity contribution in [1.82, 2.24) is 0 Å². The van der Waals surface area contributed by atoms with Crippen molar-refractivity contribution >= 4 is 0 Å². The maximum Gasteiger partial charge on any atom is 0.200 e. The largest absolute Gasteiger partial charge is 0.502 e. The zero-order valence-corrected chi connectivity index (χ0v) is 28.9. The molecular weight excluding hydrogens is 636 g/mol. The minimum Gasteiger partial charge on any atom is -0.502 e. The van der Waals surface area contributed by atoms with Gasteiger partial charge in [0.15, 0.2) is 46.0 Å². The van der Waals surface area contributed by atoms with Crippen LogP contribution >= 0.6 is 0 Å². The molecular formula is C37H44O12. The van der Waals surface area contributed by atoms with Crippen molar-refractivity contribution < 1.29 is 58.3 Å². The van der Waals surface area contributed by atoms with Crippen LogP contribution in [-0.4, -0.2) is 77.3 Å². The van der Waals surface area contributed by atoms with E-state index in [1.807, 2.05) is 0 Å². The molecule has 0 aliphatic rings. The quantitative estimate of drug-likeness (QED) is 0.0994. The predicted molar refractivity (Wildman–Crippen MR) is 182 cm³/mol. The number of benzene rings is 4. The summed E-state index contributed by atoms with van der Waals surface area (Å²) in [6, 6.07) is 14.0. The molecule has 0 radical (unpaired) electrons. The predicted octanol–water partition coefficient (Wildman–Crippen LogP) is 6.71. The fourth-order valence-electron chi connectivity index (χ4n) is 6.04. The lowest BCUT2D eigenvalue weighted by atomic mass is 9.82. The standard InChI is InChI=1S/C37H44O12/c1-42-26-12-20(13-27(43-2)34(26)38)24(21-14-28(44-3)35(39)29(15-21)45-4)10-9-11-25(22-16-30(46-5)36(40)31(17-22)47-6)23-18-32(48-7)37(41)33(19-23)49-8/h12-19,24-25,38-41H,9-11H2,1-8H3. The first kappa shape index (κ1) is 36.3. The molecule has 0 bridgehead atoms. The summed E-state index contributed by atoms with van der Waals surface area (Å²) < 4.78 is 43.8. The number of hydrogen-bond donors (Lipinski definition) is 4. The van der Waals surface area contributed by atoms with Gasteiger partial charge in [-0.1, -0.05) is 6.42 Å². The van der Waals surface area contributed by atoms with Gasteiger partial charge in [-0.05, 0) is 83.6 Å². The van der Waals surface area contributed by atoms with Gasteiger partial charge in [0.25, 0.3) is 0 Å². The van der Waals surface area contributed by atoms with Crippen molar-refractivity contribution in [2.45, 2.75) is 31.1 Å². The van der Waals surface area contributed by atoms with Crippen molar-refractivity contribution in [1.29, 1.82) is 0 Å². The lowest BCUT2D eigenvalue weighted by Gasteiger charge is -2.25. The minimum atomic E-state index is -0.319. The lowest BCUT2D eigenvalue weighted by molar-refractivity contribution is 0.336. The number of rotatable bonds is 16. The third-order valence-corrected chi connectivity index (χ3v) is 8.60. The molecule has 0 spiro atoms. The summed E-state index contributed by atoms with van der Waals surface area (Å²) in [6.07, 6.45) is 1.73. The molecule has 264 valence electrons. The summed E-state index contributed by atoms with van der Waals surface area (Å²) in [5, 5.41) is 42.7. The van der Waals surface area contributed by atoms with Gasteiger partial charge in [0, 0.05) is 11.8 Å². The summed E-state index contributed by atoms with van der Waals surface area (Å²) >= 11 is 0. The Hall–Kier alpha value is -5.52. The van der Waals surface area contributed by atoms with Gasteiger partial charge in [-0.15, -0.1) is 0 Å². The highest BCUT2D eigenvalue weighted by atomic mass is 16.5. The molecule has 4 aromatic carbocycles. The molecule has 12 nitrogen and oxygen atoms in total. The fourth-order valence-corrected chi connectivity index (χ4v) is 6.04. The molecule has 49 heavy (non-hydrogen) atoms. The van der Waals surface area contributed by atoms with Crippen molar-refractivity contribution in [3.8, 4) is 69.0 Å². The van der Waals surface area contributed by atoms with Gasteiger partial charge in [0.2, 0.25) is 23.0 Å². The third-order valence-electron chi connectivity index (χ3n) is 8.60. The molecule has 4 N–H and O–H groups in total. The van der Waals surface area contributed by atoms with Gasteiger partial charge < -0.3 is 58.3 Å². The van der Waals surface area contributed by atoms with Crippen LogP contribution in [-0.2, 0) is 0 Å². The Morgan fingerprint density at radius 3 is 0.653 bits per heavy atom. The monoisotopic (exact) mass is 680 g/mol. The maximum absolute atomic E-state index is 10.7. The van der Waals surface area contributed by atoms with E-state index in [1.54, 1.807) is 48.5 Å². The first-order valence-corrected chi connectivity index (χ1v) is 15.4. The van der Waals surface area contributed by atoms with Gasteiger partial charge in [-0.3, -0.25) is 0 Å². The zero-order valence-electron chi connectivity index (χ0n) is 28.9. The van der Waals surface area contributed by atoms with Crippen LogP contribution in [0.15, 0.2) is 48.5 Å². The van der Waals surface area contributed by atoms with E-state index in [2.05, 4.69) is 0 Å². The van der Waals surface area contributed by atoms with Gasteiger partial charge in [0.05, 0.1) is 56.9 Å². The van der Waals surface area contributed by atoms with Crippen molar-refractivity contribution in [2.75, 3.05) is 56.9 Å². The van der Waals surface area contributed by atoms with E-state index in [0.717, 1.165) is 22.3 Å². The van der Waals surface area contributed by atoms with Crippen molar-refractivity contribution in [3.63, 3.8) is 0 Å². The fraction of sp³-hybridized carbons (Fsp3) is 0.351. The molecule has 0 heterocycles. The zero-order chi connectivity index (χ0) is 35.8. The van der Waals surface area contributed by atoms with Gasteiger partial charge in [-0.25, -0.2) is 0 Å². The van der Waals surface area contributed by atoms with Gasteiger partial charge >= 0.3 is 0 Å². The number of phenols is 4. The normalized spacial score (nSPS) is 11.0. The molecule has 4 rings (SSSR count). The van der Waals surface area contributed by atoms with E-state index >= 15 is 0 Å². The van der Waals surface area contributed by atoms with E-state index < -0.39 is 0 Å². The number of hydrogen-bond acceptors (Lipinski definition) is 12. The van der Waals surface area contributed by atoms with Crippen molar-refractivity contribution in [2.24, 2.45) is 0 Å². The molecule has 12 heteroatoms. The van der Waals surface area contributed by atoms with Crippen molar-refractivity contribution in [3.05, 3.63) is 70.8 Å². The highest BCUT2D eigenvalue weighted by Crippen LogP contribution is 2.48. The molecule has 4 aromatic rings. The van der Waals surface area contributed by atoms with Crippen LogP contribution in [0.1, 0.15) is 53.4 Å². The number of methoxy groups -OCH3 is 8. The Kier molecular flexibility index (Phi) is 11.9. The lowest BCUT2D eigenvalue weighted by Crippen LogP contribution is -2.08. The van der Waals surface area contributed by atoms with E-state index in [4.69, 9.17) is 37.9 Å². The number of ether oxygens (including phenoxy) is 8. The van der Waals surface area contributed by atoms with Crippen LogP contribution in [0, 0.1) is 0 Å². The first-order chi connectivity index (χ1) is 23.6. The third kappa shape index (κ3) is 7.48. The number of phenolic OH excluding ortho intramolecular Hbond substituents is 4. The maximum atomic E-state index is 10.7. The summed E-state index contributed by atoms with van der Waals surface area (Å²) in [5.41, 5.74) is 3.11. The Morgan fingerprint density at radius 2 is 0.510 bits per heavy atom. The SMILES string of the molecule is COc1cc(C(CCCC(c2cc(OC)c(O)c(OC)c2)c2cc(OC)c(O)c(OC)c2)c2cc(OC)c(O)c(OC)c2)cc(OC)c1O. The molecule has 0 unspecified atom stereocenters. The van der Waals surface area contributed by atoms with Crippen LogP contribution in [0.3, 0.4) is 0 Å². The topological polar surface area (TPSA) is 155 Å². The Morgan fingerprint density at radius 1 is 0.347 bits per heavy atom. The summed E-state index contributed by atoms with van der Waals surface area (Å²) in [6.45, 7) is 0. The molecule has 0 atom stereocenters. The molecule has 0 fully saturated rings. The molecule has 0 aliphatic heterocycles. The van der Waals surface area contributed by atoms with Gasteiger partial charge in [0.1, 0.15) is 0 Å². The smallest absolute Gasteiger partial charge is 0.200 e. The first-order valence-electron chi connectivity index (χ1n) is 15.4. The van der Waals surface area contributed by atoms with E-state index in [0.29, 0.717) is 19.3 Å².